The molecule has 1 rings (SSSR count). The van der Waals surface area contributed by atoms with Crippen molar-refractivity contribution in [2.75, 3.05) is 12.3 Å². The summed E-state index contributed by atoms with van der Waals surface area (Å²) in [4.78, 5) is 0. The molecule has 0 unspecified atom stereocenters. The van der Waals surface area contributed by atoms with E-state index >= 15 is 0 Å². The number of nitrogens with two attached hydrogens (primary N) is 1. The van der Waals surface area contributed by atoms with Crippen LogP contribution in [0.3, 0.4) is 0 Å². The van der Waals surface area contributed by atoms with Gasteiger partial charge in [-0.2, -0.15) is 5.10 Å². The maximum Gasteiger partial charge on any atom is 0.127 e. The van der Waals surface area contributed by atoms with E-state index in [1.807, 2.05) is 14.0 Å². The Morgan fingerprint density at radius 2 is 2.21 bits per heavy atom. The average molecular weight is 197 g/mol. The number of nitrogen functional groups attached to an aromatic ring is 1. The predicted octanol–water partition coefficient (Wildman–Crippen LogP) is 1.63. The quantitative estimate of drug-likeness (QED) is 0.730. The predicted molar refractivity (Wildman–Crippen MR) is 56.9 cm³/mol. The van der Waals surface area contributed by atoms with Gasteiger partial charge in [0.15, 0.2) is 0 Å². The lowest BCUT2D eigenvalue weighted by atomic mass is 10.2. The van der Waals surface area contributed by atoms with Crippen molar-refractivity contribution in [1.82, 2.24) is 9.78 Å². The largest absolute Gasteiger partial charge is 0.384 e. The van der Waals surface area contributed by atoms with Gasteiger partial charge < -0.3 is 10.5 Å². The van der Waals surface area contributed by atoms with Gasteiger partial charge in [-0.1, -0.05) is 13.3 Å². The Balaban J connectivity index is 2.49. The highest BCUT2D eigenvalue weighted by Gasteiger charge is 2.09. The molecule has 0 aliphatic rings. The zero-order chi connectivity index (χ0) is 10.6. The summed E-state index contributed by atoms with van der Waals surface area (Å²) in [6.45, 7) is 5.47. The van der Waals surface area contributed by atoms with Gasteiger partial charge in [0.1, 0.15) is 5.82 Å². The lowest BCUT2D eigenvalue weighted by molar-refractivity contribution is 0.118. The molecule has 0 saturated carbocycles. The van der Waals surface area contributed by atoms with E-state index in [1.165, 1.54) is 0 Å². The minimum absolute atomic E-state index is 0.575. The molecule has 0 aliphatic heterocycles. The van der Waals surface area contributed by atoms with E-state index in [9.17, 15) is 0 Å². The molecule has 14 heavy (non-hydrogen) atoms. The van der Waals surface area contributed by atoms with Gasteiger partial charge in [-0.05, 0) is 13.3 Å². The molecule has 0 atom stereocenters. The van der Waals surface area contributed by atoms with Crippen LogP contribution in [0.5, 0.6) is 0 Å². The summed E-state index contributed by atoms with van der Waals surface area (Å²) in [5.74, 6) is 0.707. The Bertz CT molecular complexity index is 294. The normalized spacial score (nSPS) is 10.8. The highest BCUT2D eigenvalue weighted by atomic mass is 16.5. The van der Waals surface area contributed by atoms with Crippen LogP contribution in [0.25, 0.3) is 0 Å². The van der Waals surface area contributed by atoms with E-state index < -0.39 is 0 Å². The van der Waals surface area contributed by atoms with Gasteiger partial charge >= 0.3 is 0 Å². The maximum atomic E-state index is 5.84. The van der Waals surface area contributed by atoms with Crippen LogP contribution in [0, 0.1) is 6.92 Å². The molecule has 0 aromatic carbocycles. The fourth-order valence-corrected chi connectivity index (χ4v) is 1.32. The number of hydrogen-bond donors (Lipinski definition) is 1. The molecular formula is C10H19N3O. The first-order chi connectivity index (χ1) is 6.66. The third kappa shape index (κ3) is 2.48. The number of unbranched alkanes of at least 4 members (excludes halogenated alkanes) is 1. The monoisotopic (exact) mass is 197 g/mol. The number of aromatic nitrogens is 2. The molecule has 4 nitrogen and oxygen atoms in total. The zero-order valence-corrected chi connectivity index (χ0v) is 9.21. The molecule has 2 N–H and O–H groups in total. The number of anilines is 1. The Labute approximate surface area is 85.0 Å². The van der Waals surface area contributed by atoms with E-state index in [0.29, 0.717) is 12.4 Å². The molecule has 0 aliphatic carbocycles. The topological polar surface area (TPSA) is 53.1 Å². The molecule has 80 valence electrons. The van der Waals surface area contributed by atoms with Crippen molar-refractivity contribution in [2.24, 2.45) is 7.05 Å². The van der Waals surface area contributed by atoms with Crippen LogP contribution in [0.2, 0.25) is 0 Å². The Kier molecular flexibility index (Phi) is 3.95. The van der Waals surface area contributed by atoms with Crippen LogP contribution >= 0.6 is 0 Å². The molecular weight excluding hydrogens is 178 g/mol. The molecule has 0 radical (unpaired) electrons. The van der Waals surface area contributed by atoms with Crippen LogP contribution in [0.1, 0.15) is 31.0 Å². The Hall–Kier alpha value is -1.03. The van der Waals surface area contributed by atoms with Gasteiger partial charge in [-0.25, -0.2) is 0 Å². The van der Waals surface area contributed by atoms with Crippen molar-refractivity contribution in [3.8, 4) is 0 Å². The van der Waals surface area contributed by atoms with Gasteiger partial charge in [0.25, 0.3) is 0 Å². The number of nitrogens with zero attached hydrogens (tertiary/aromatic N) is 2. The standard InChI is InChI=1S/C10H19N3O/c1-4-5-6-14-7-9-8(2)12-13(3)10(9)11/h4-7,11H2,1-3H3. The lowest BCUT2D eigenvalue weighted by Crippen LogP contribution is -2.01. The first-order valence-corrected chi connectivity index (χ1v) is 5.02. The van der Waals surface area contributed by atoms with E-state index in [1.54, 1.807) is 4.68 Å². The number of hydrogen-bond acceptors (Lipinski definition) is 3. The molecule has 1 aromatic heterocycles. The first kappa shape index (κ1) is 11.0. The second-order valence-corrected chi connectivity index (χ2v) is 3.48. The molecule has 0 saturated heterocycles. The summed E-state index contributed by atoms with van der Waals surface area (Å²) in [7, 11) is 1.85. The van der Waals surface area contributed by atoms with Crippen molar-refractivity contribution in [3.63, 3.8) is 0 Å². The third-order valence-electron chi connectivity index (χ3n) is 2.28. The van der Waals surface area contributed by atoms with Crippen molar-refractivity contribution < 1.29 is 4.74 Å². The zero-order valence-electron chi connectivity index (χ0n) is 9.21. The minimum Gasteiger partial charge on any atom is -0.384 e. The highest BCUT2D eigenvalue weighted by Crippen LogP contribution is 2.15. The maximum absolute atomic E-state index is 5.84. The van der Waals surface area contributed by atoms with Crippen molar-refractivity contribution in [3.05, 3.63) is 11.3 Å². The third-order valence-corrected chi connectivity index (χ3v) is 2.28. The number of rotatable bonds is 5. The van der Waals surface area contributed by atoms with Gasteiger partial charge in [0, 0.05) is 19.2 Å². The second-order valence-electron chi connectivity index (χ2n) is 3.48. The van der Waals surface area contributed by atoms with Crippen LogP contribution < -0.4 is 5.73 Å². The molecule has 0 amide bonds. The second kappa shape index (κ2) is 5.00. The van der Waals surface area contributed by atoms with Gasteiger partial charge in [0.05, 0.1) is 12.3 Å². The minimum atomic E-state index is 0.575. The summed E-state index contributed by atoms with van der Waals surface area (Å²) in [5.41, 5.74) is 7.82. The van der Waals surface area contributed by atoms with Crippen LogP contribution in [-0.4, -0.2) is 16.4 Å². The van der Waals surface area contributed by atoms with E-state index in [4.69, 9.17) is 10.5 Å². The van der Waals surface area contributed by atoms with Gasteiger partial charge in [-0.15, -0.1) is 0 Å². The first-order valence-electron chi connectivity index (χ1n) is 5.02. The Morgan fingerprint density at radius 3 is 2.71 bits per heavy atom. The molecule has 1 aromatic rings. The van der Waals surface area contributed by atoms with Gasteiger partial charge in [0.2, 0.25) is 0 Å². The van der Waals surface area contributed by atoms with Crippen molar-refractivity contribution >= 4 is 5.82 Å². The summed E-state index contributed by atoms with van der Waals surface area (Å²) in [5, 5.41) is 4.22. The number of ether oxygens (including phenoxy) is 1. The van der Waals surface area contributed by atoms with Gasteiger partial charge in [-0.3, -0.25) is 4.68 Å². The van der Waals surface area contributed by atoms with E-state index in [-0.39, 0.29) is 0 Å². The van der Waals surface area contributed by atoms with Crippen LogP contribution in [0.15, 0.2) is 0 Å². The van der Waals surface area contributed by atoms with Crippen molar-refractivity contribution in [1.29, 1.82) is 0 Å². The van der Waals surface area contributed by atoms with E-state index in [0.717, 1.165) is 30.7 Å². The molecule has 0 bridgehead atoms. The summed E-state index contributed by atoms with van der Waals surface area (Å²) < 4.78 is 7.19. The SMILES string of the molecule is CCCCOCc1c(C)nn(C)c1N. The van der Waals surface area contributed by atoms with E-state index in [2.05, 4.69) is 12.0 Å². The molecule has 0 spiro atoms. The van der Waals surface area contributed by atoms with Crippen molar-refractivity contribution in [2.45, 2.75) is 33.3 Å². The number of aryl methyl sites for hydroxylation is 2. The van der Waals surface area contributed by atoms with Crippen LogP contribution in [-0.2, 0) is 18.4 Å². The average Bonchev–Trinajstić information content (AvgIpc) is 2.38. The molecule has 1 heterocycles. The summed E-state index contributed by atoms with van der Waals surface area (Å²) in [6.07, 6.45) is 2.25. The van der Waals surface area contributed by atoms with Crippen LogP contribution in [0.4, 0.5) is 5.82 Å². The summed E-state index contributed by atoms with van der Waals surface area (Å²) >= 11 is 0. The smallest absolute Gasteiger partial charge is 0.127 e. The summed E-state index contributed by atoms with van der Waals surface area (Å²) in [6, 6.07) is 0. The fourth-order valence-electron chi connectivity index (χ4n) is 1.32. The molecule has 0 fully saturated rings. The molecule has 4 heteroatoms. The fraction of sp³-hybridized carbons (Fsp3) is 0.700. The lowest BCUT2D eigenvalue weighted by Gasteiger charge is -2.03. The highest BCUT2D eigenvalue weighted by molar-refractivity contribution is 5.42. The Morgan fingerprint density at radius 1 is 1.50 bits per heavy atom.